The van der Waals surface area contributed by atoms with Crippen molar-refractivity contribution in [1.82, 2.24) is 9.97 Å². The van der Waals surface area contributed by atoms with Gasteiger partial charge in [-0.2, -0.15) is 0 Å². The van der Waals surface area contributed by atoms with Gasteiger partial charge >= 0.3 is 0 Å². The predicted octanol–water partition coefficient (Wildman–Crippen LogP) is 2.67. The highest BCUT2D eigenvalue weighted by Gasteiger charge is 2.15. The molecule has 0 fully saturated rings. The first-order valence-corrected chi connectivity index (χ1v) is 6.88. The Morgan fingerprint density at radius 2 is 2.12 bits per heavy atom. The largest absolute Gasteiger partial charge is 0.374 e. The van der Waals surface area contributed by atoms with Crippen molar-refractivity contribution in [3.05, 3.63) is 25.4 Å². The minimum atomic E-state index is -0.134. The molecule has 0 amide bonds. The van der Waals surface area contributed by atoms with Crippen LogP contribution in [0.15, 0.2) is 4.79 Å². The summed E-state index contributed by atoms with van der Waals surface area (Å²) in [7, 11) is 1.63. The molecule has 1 rings (SSSR count). The van der Waals surface area contributed by atoms with Crippen LogP contribution in [0, 0.1) is 9.49 Å². The second-order valence-electron chi connectivity index (χ2n) is 4.44. The topological polar surface area (TPSA) is 55.0 Å². The first-order chi connectivity index (χ1) is 7.99. The highest BCUT2D eigenvalue weighted by atomic mass is 127. The van der Waals surface area contributed by atoms with Gasteiger partial charge < -0.3 is 9.72 Å². The molecule has 1 heterocycles. The van der Waals surface area contributed by atoms with Crippen molar-refractivity contribution in [2.24, 2.45) is 5.92 Å². The van der Waals surface area contributed by atoms with Crippen LogP contribution in [0.2, 0.25) is 0 Å². The number of ether oxygens (including phenoxy) is 1. The van der Waals surface area contributed by atoms with E-state index in [2.05, 4.69) is 46.4 Å². The van der Waals surface area contributed by atoms with Crippen LogP contribution in [0.1, 0.15) is 44.8 Å². The molecule has 1 unspecified atom stereocenters. The van der Waals surface area contributed by atoms with E-state index in [-0.39, 0.29) is 11.7 Å². The number of aromatic nitrogens is 2. The first-order valence-electron chi connectivity index (χ1n) is 5.80. The lowest BCUT2D eigenvalue weighted by atomic mass is 10.1. The van der Waals surface area contributed by atoms with Crippen LogP contribution in [-0.2, 0) is 11.2 Å². The molecule has 0 saturated carbocycles. The molecule has 0 saturated heterocycles. The van der Waals surface area contributed by atoms with Crippen LogP contribution >= 0.6 is 22.6 Å². The third-order valence-corrected chi connectivity index (χ3v) is 3.62. The van der Waals surface area contributed by atoms with E-state index >= 15 is 0 Å². The van der Waals surface area contributed by atoms with E-state index < -0.39 is 0 Å². The average molecular weight is 350 g/mol. The number of hydrogen-bond donors (Lipinski definition) is 1. The standard InChI is InChI=1S/C12H19IN2O2/c1-5-9(17-4)11-14-8(6-7(2)3)10(13)12(16)15-11/h7,9H,5-6H2,1-4H3,(H,14,15,16). The number of rotatable bonds is 5. The normalized spacial score (nSPS) is 13.1. The van der Waals surface area contributed by atoms with Gasteiger partial charge in [-0.1, -0.05) is 20.8 Å². The van der Waals surface area contributed by atoms with E-state index in [4.69, 9.17) is 4.74 Å². The van der Waals surface area contributed by atoms with Gasteiger partial charge in [0, 0.05) is 7.11 Å². The zero-order valence-electron chi connectivity index (χ0n) is 10.7. The van der Waals surface area contributed by atoms with Crippen molar-refractivity contribution < 1.29 is 4.74 Å². The van der Waals surface area contributed by atoms with E-state index in [9.17, 15) is 4.79 Å². The van der Waals surface area contributed by atoms with Crippen LogP contribution in [0.4, 0.5) is 0 Å². The Morgan fingerprint density at radius 1 is 1.47 bits per heavy atom. The Labute approximate surface area is 115 Å². The monoisotopic (exact) mass is 350 g/mol. The van der Waals surface area contributed by atoms with Gasteiger partial charge in [0.15, 0.2) is 0 Å². The van der Waals surface area contributed by atoms with Gasteiger partial charge in [0.2, 0.25) is 0 Å². The van der Waals surface area contributed by atoms with Crippen LogP contribution in [-0.4, -0.2) is 17.1 Å². The fourth-order valence-corrected chi connectivity index (χ4v) is 2.15. The number of methoxy groups -OCH3 is 1. The van der Waals surface area contributed by atoms with Crippen LogP contribution in [0.25, 0.3) is 0 Å². The lowest BCUT2D eigenvalue weighted by Crippen LogP contribution is -2.21. The highest BCUT2D eigenvalue weighted by Crippen LogP contribution is 2.17. The van der Waals surface area contributed by atoms with Crippen molar-refractivity contribution in [3.63, 3.8) is 0 Å². The number of H-pyrrole nitrogens is 1. The van der Waals surface area contributed by atoms with Crippen molar-refractivity contribution in [1.29, 1.82) is 0 Å². The molecule has 0 radical (unpaired) electrons. The molecule has 0 aliphatic heterocycles. The lowest BCUT2D eigenvalue weighted by Gasteiger charge is -2.14. The van der Waals surface area contributed by atoms with Gasteiger partial charge in [-0.15, -0.1) is 0 Å². The maximum Gasteiger partial charge on any atom is 0.264 e. The average Bonchev–Trinajstić information content (AvgIpc) is 2.26. The maximum atomic E-state index is 11.8. The van der Waals surface area contributed by atoms with Crippen LogP contribution in [0.5, 0.6) is 0 Å². The minimum absolute atomic E-state index is 0.0678. The smallest absolute Gasteiger partial charge is 0.264 e. The second kappa shape index (κ2) is 6.49. The first kappa shape index (κ1) is 14.6. The molecule has 96 valence electrons. The van der Waals surface area contributed by atoms with Crippen molar-refractivity contribution in [3.8, 4) is 0 Å². The van der Waals surface area contributed by atoms with Crippen molar-refractivity contribution in [2.45, 2.75) is 39.7 Å². The molecular formula is C12H19IN2O2. The zero-order valence-corrected chi connectivity index (χ0v) is 12.9. The molecule has 1 N–H and O–H groups in total. The Bertz CT molecular complexity index is 425. The van der Waals surface area contributed by atoms with Gasteiger partial charge in [-0.05, 0) is 41.4 Å². The number of hydrogen-bond acceptors (Lipinski definition) is 3. The molecule has 0 aliphatic rings. The van der Waals surface area contributed by atoms with Crippen LogP contribution < -0.4 is 5.56 Å². The molecule has 17 heavy (non-hydrogen) atoms. The van der Waals surface area contributed by atoms with E-state index in [0.717, 1.165) is 18.5 Å². The summed E-state index contributed by atoms with van der Waals surface area (Å²) in [6.45, 7) is 6.24. The third kappa shape index (κ3) is 3.77. The fourth-order valence-electron chi connectivity index (χ4n) is 1.67. The molecule has 1 aromatic rings. The Morgan fingerprint density at radius 3 is 2.59 bits per heavy atom. The SMILES string of the molecule is CCC(OC)c1nc(CC(C)C)c(I)c(=O)[nH]1. The molecule has 1 atom stereocenters. The molecule has 0 spiro atoms. The van der Waals surface area contributed by atoms with Crippen LogP contribution in [0.3, 0.4) is 0 Å². The summed E-state index contributed by atoms with van der Waals surface area (Å²) in [5, 5.41) is 0. The molecule has 4 nitrogen and oxygen atoms in total. The minimum Gasteiger partial charge on any atom is -0.374 e. The number of nitrogens with zero attached hydrogens (tertiary/aromatic N) is 1. The fraction of sp³-hybridized carbons (Fsp3) is 0.667. The predicted molar refractivity (Wildman–Crippen MR) is 76.2 cm³/mol. The summed E-state index contributed by atoms with van der Waals surface area (Å²) in [6.07, 6.45) is 1.47. The Balaban J connectivity index is 3.18. The summed E-state index contributed by atoms with van der Waals surface area (Å²) in [6, 6.07) is 0. The molecule has 5 heteroatoms. The third-order valence-electron chi connectivity index (χ3n) is 2.51. The van der Waals surface area contributed by atoms with Gasteiger partial charge in [0.05, 0.1) is 9.26 Å². The maximum absolute atomic E-state index is 11.8. The number of halogens is 1. The van der Waals surface area contributed by atoms with Gasteiger partial charge in [0.1, 0.15) is 11.9 Å². The lowest BCUT2D eigenvalue weighted by molar-refractivity contribution is 0.0920. The Kier molecular flexibility index (Phi) is 5.58. The summed E-state index contributed by atoms with van der Waals surface area (Å²) < 4.78 is 5.99. The van der Waals surface area contributed by atoms with Gasteiger partial charge in [0.25, 0.3) is 5.56 Å². The van der Waals surface area contributed by atoms with Crippen molar-refractivity contribution in [2.75, 3.05) is 7.11 Å². The highest BCUT2D eigenvalue weighted by molar-refractivity contribution is 14.1. The van der Waals surface area contributed by atoms with Crippen molar-refractivity contribution >= 4 is 22.6 Å². The summed E-state index contributed by atoms with van der Waals surface area (Å²) in [5.74, 6) is 1.12. The van der Waals surface area contributed by atoms with E-state index in [1.165, 1.54) is 0 Å². The summed E-state index contributed by atoms with van der Waals surface area (Å²) in [5.41, 5.74) is 0.802. The zero-order chi connectivity index (χ0) is 13.0. The second-order valence-corrected chi connectivity index (χ2v) is 5.52. The van der Waals surface area contributed by atoms with Gasteiger partial charge in [-0.25, -0.2) is 4.98 Å². The summed E-state index contributed by atoms with van der Waals surface area (Å²) in [4.78, 5) is 19.1. The molecule has 0 aromatic carbocycles. The van der Waals surface area contributed by atoms with Gasteiger partial charge in [-0.3, -0.25) is 4.79 Å². The Hall–Kier alpha value is -0.430. The van der Waals surface area contributed by atoms with E-state index in [0.29, 0.717) is 15.3 Å². The molecule has 0 bridgehead atoms. The van der Waals surface area contributed by atoms with E-state index in [1.807, 2.05) is 6.92 Å². The molecule has 0 aliphatic carbocycles. The molecule has 1 aromatic heterocycles. The van der Waals surface area contributed by atoms with E-state index in [1.54, 1.807) is 7.11 Å². The summed E-state index contributed by atoms with van der Waals surface area (Å²) >= 11 is 2.06. The quantitative estimate of drug-likeness (QED) is 0.831. The number of nitrogens with one attached hydrogen (secondary N) is 1. The number of aromatic amines is 1. The molecular weight excluding hydrogens is 331 g/mol.